The SMILES string of the molecule is c1ccc(-c2nc(-c3cccc4c3-c3ccccc3C43c4cccc5ccc6cccc3c6c45)nc(-c3cccc4c3oc3ccccc34)n2)cc1. The number of aromatic nitrogens is 3. The Morgan fingerprint density at radius 1 is 0.385 bits per heavy atom. The standard InChI is InChI=1S/C48H27N3O/c1-2-12-30(13-3-1)45-49-46(51-47(50-45)35-20-10-18-32-31-16-5-7-25-40(31)52-44(32)35)34-19-11-24-39-43(34)33-17-4-6-21-36(33)48(39)37-22-8-14-28-26-27-29-15-9-23-38(48)42(29)41(28)37/h1-27H. The number of para-hydroxylation sites is 2. The van der Waals surface area contributed by atoms with Crippen molar-refractivity contribution in [1.82, 2.24) is 15.0 Å². The minimum Gasteiger partial charge on any atom is -0.455 e. The average Bonchev–Trinajstić information content (AvgIpc) is 3.85. The second-order valence-corrected chi connectivity index (χ2v) is 13.8. The highest BCUT2D eigenvalue weighted by Crippen LogP contribution is 2.63. The van der Waals surface area contributed by atoms with E-state index >= 15 is 0 Å². The van der Waals surface area contributed by atoms with Crippen molar-refractivity contribution in [1.29, 1.82) is 0 Å². The van der Waals surface area contributed by atoms with E-state index in [2.05, 4.69) is 127 Å². The van der Waals surface area contributed by atoms with E-state index in [9.17, 15) is 0 Å². The second-order valence-electron chi connectivity index (χ2n) is 13.8. The minimum absolute atomic E-state index is 0.470. The van der Waals surface area contributed by atoms with Gasteiger partial charge < -0.3 is 4.42 Å². The first-order valence-electron chi connectivity index (χ1n) is 17.7. The lowest BCUT2D eigenvalue weighted by atomic mass is 9.70. The molecule has 0 N–H and O–H groups in total. The molecule has 2 aliphatic rings. The fourth-order valence-electron chi connectivity index (χ4n) is 9.28. The maximum absolute atomic E-state index is 6.50. The Bertz CT molecular complexity index is 3080. The summed E-state index contributed by atoms with van der Waals surface area (Å²) < 4.78 is 6.50. The summed E-state index contributed by atoms with van der Waals surface area (Å²) in [5.41, 5.74) is 11.5. The maximum atomic E-state index is 6.50. The normalized spacial score (nSPS) is 13.5. The van der Waals surface area contributed by atoms with Crippen LogP contribution in [0.4, 0.5) is 0 Å². The molecule has 0 saturated heterocycles. The average molecular weight is 662 g/mol. The zero-order valence-corrected chi connectivity index (χ0v) is 27.8. The summed E-state index contributed by atoms with van der Waals surface area (Å²) in [5, 5.41) is 7.34. The van der Waals surface area contributed by atoms with E-state index in [0.717, 1.165) is 44.2 Å². The predicted octanol–water partition coefficient (Wildman–Crippen LogP) is 11.8. The molecule has 2 aromatic heterocycles. The third kappa shape index (κ3) is 3.48. The minimum atomic E-state index is -0.470. The molecule has 0 atom stereocenters. The molecule has 0 aliphatic heterocycles. The highest BCUT2D eigenvalue weighted by atomic mass is 16.3. The number of fused-ring (bicyclic) bond motifs is 10. The zero-order chi connectivity index (χ0) is 34.0. The lowest BCUT2D eigenvalue weighted by Gasteiger charge is -2.31. The summed E-state index contributed by atoms with van der Waals surface area (Å²) in [6.07, 6.45) is 0. The zero-order valence-electron chi connectivity index (χ0n) is 27.8. The molecule has 0 fully saturated rings. The van der Waals surface area contributed by atoms with Crippen LogP contribution < -0.4 is 0 Å². The van der Waals surface area contributed by atoms with E-state index in [4.69, 9.17) is 19.4 Å². The molecular formula is C48H27N3O. The van der Waals surface area contributed by atoms with Crippen LogP contribution in [0.25, 0.3) is 88.8 Å². The number of benzene rings is 8. The number of nitrogens with zero attached hydrogens (tertiary/aromatic N) is 3. The lowest BCUT2D eigenvalue weighted by molar-refractivity contribution is 0.669. The highest BCUT2D eigenvalue weighted by molar-refractivity contribution is 6.18. The Kier molecular flexibility index (Phi) is 5.40. The molecule has 0 radical (unpaired) electrons. The third-order valence-corrected chi connectivity index (χ3v) is 11.3. The van der Waals surface area contributed by atoms with Gasteiger partial charge in [0, 0.05) is 21.9 Å². The first kappa shape index (κ1) is 27.9. The highest BCUT2D eigenvalue weighted by Gasteiger charge is 2.51. The second kappa shape index (κ2) is 10.1. The van der Waals surface area contributed by atoms with Gasteiger partial charge in [0.15, 0.2) is 17.5 Å². The van der Waals surface area contributed by atoms with Gasteiger partial charge in [0.25, 0.3) is 0 Å². The van der Waals surface area contributed by atoms with Crippen LogP contribution in [-0.2, 0) is 5.41 Å². The molecule has 8 aromatic carbocycles. The number of hydrogen-bond acceptors (Lipinski definition) is 4. The van der Waals surface area contributed by atoms with Crippen molar-refractivity contribution in [3.05, 3.63) is 186 Å². The monoisotopic (exact) mass is 661 g/mol. The van der Waals surface area contributed by atoms with Crippen LogP contribution in [0.2, 0.25) is 0 Å². The summed E-state index contributed by atoms with van der Waals surface area (Å²) in [6.45, 7) is 0. The molecule has 0 saturated carbocycles. The van der Waals surface area contributed by atoms with Crippen molar-refractivity contribution >= 4 is 43.5 Å². The Hall–Kier alpha value is -6.91. The first-order chi connectivity index (χ1) is 25.8. The third-order valence-electron chi connectivity index (χ3n) is 11.3. The van der Waals surface area contributed by atoms with Gasteiger partial charge in [-0.05, 0) is 67.1 Å². The van der Waals surface area contributed by atoms with Gasteiger partial charge in [-0.1, -0.05) is 152 Å². The van der Waals surface area contributed by atoms with Crippen molar-refractivity contribution in [2.75, 3.05) is 0 Å². The summed E-state index contributed by atoms with van der Waals surface area (Å²) >= 11 is 0. The number of rotatable bonds is 3. The van der Waals surface area contributed by atoms with Crippen LogP contribution in [0, 0.1) is 0 Å². The maximum Gasteiger partial charge on any atom is 0.167 e. The Morgan fingerprint density at radius 2 is 0.942 bits per heavy atom. The predicted molar refractivity (Wildman–Crippen MR) is 209 cm³/mol. The van der Waals surface area contributed by atoms with Gasteiger partial charge in [0.2, 0.25) is 0 Å². The van der Waals surface area contributed by atoms with Gasteiger partial charge in [0.05, 0.1) is 11.0 Å². The summed E-state index contributed by atoms with van der Waals surface area (Å²) in [6, 6.07) is 58.3. The summed E-state index contributed by atoms with van der Waals surface area (Å²) in [7, 11) is 0. The van der Waals surface area contributed by atoms with E-state index in [1.165, 1.54) is 49.4 Å². The van der Waals surface area contributed by atoms with Crippen LogP contribution in [0.15, 0.2) is 168 Å². The molecule has 52 heavy (non-hydrogen) atoms. The largest absolute Gasteiger partial charge is 0.455 e. The quantitative estimate of drug-likeness (QED) is 0.177. The molecule has 240 valence electrons. The van der Waals surface area contributed by atoms with Crippen LogP contribution >= 0.6 is 0 Å². The Labute approximate surface area is 298 Å². The Morgan fingerprint density at radius 3 is 1.75 bits per heavy atom. The van der Waals surface area contributed by atoms with Gasteiger partial charge in [-0.3, -0.25) is 0 Å². The van der Waals surface area contributed by atoms with Crippen molar-refractivity contribution in [3.63, 3.8) is 0 Å². The van der Waals surface area contributed by atoms with Gasteiger partial charge in [-0.15, -0.1) is 0 Å². The van der Waals surface area contributed by atoms with Crippen LogP contribution in [0.1, 0.15) is 22.3 Å². The molecule has 2 aliphatic carbocycles. The molecule has 1 spiro atoms. The van der Waals surface area contributed by atoms with E-state index in [0.29, 0.717) is 17.5 Å². The molecule has 0 bridgehead atoms. The molecule has 12 rings (SSSR count). The molecule has 10 aromatic rings. The molecule has 2 heterocycles. The Balaban J connectivity index is 1.17. The molecule has 0 unspecified atom stereocenters. The fraction of sp³-hybridized carbons (Fsp3) is 0.0208. The van der Waals surface area contributed by atoms with Crippen molar-refractivity contribution < 1.29 is 4.42 Å². The fourth-order valence-corrected chi connectivity index (χ4v) is 9.28. The van der Waals surface area contributed by atoms with E-state index in [1.807, 2.05) is 36.4 Å². The van der Waals surface area contributed by atoms with Crippen LogP contribution in [0.3, 0.4) is 0 Å². The van der Waals surface area contributed by atoms with Crippen molar-refractivity contribution in [3.8, 4) is 45.3 Å². The molecule has 0 amide bonds. The smallest absolute Gasteiger partial charge is 0.167 e. The van der Waals surface area contributed by atoms with E-state index in [-0.39, 0.29) is 0 Å². The molecular weight excluding hydrogens is 635 g/mol. The first-order valence-corrected chi connectivity index (χ1v) is 17.7. The molecule has 4 heteroatoms. The number of hydrogen-bond donors (Lipinski definition) is 0. The van der Waals surface area contributed by atoms with Crippen molar-refractivity contribution in [2.24, 2.45) is 0 Å². The summed E-state index contributed by atoms with van der Waals surface area (Å²) in [5.74, 6) is 1.83. The van der Waals surface area contributed by atoms with Gasteiger partial charge in [0.1, 0.15) is 11.2 Å². The molecule has 4 nitrogen and oxygen atoms in total. The van der Waals surface area contributed by atoms with Crippen LogP contribution in [-0.4, -0.2) is 15.0 Å². The lowest BCUT2D eigenvalue weighted by Crippen LogP contribution is -2.26. The number of furan rings is 1. The topological polar surface area (TPSA) is 51.8 Å². The van der Waals surface area contributed by atoms with Crippen LogP contribution in [0.5, 0.6) is 0 Å². The van der Waals surface area contributed by atoms with E-state index < -0.39 is 5.41 Å². The van der Waals surface area contributed by atoms with Gasteiger partial charge in [-0.25, -0.2) is 15.0 Å². The summed E-state index contributed by atoms with van der Waals surface area (Å²) in [4.78, 5) is 15.7. The van der Waals surface area contributed by atoms with Gasteiger partial charge >= 0.3 is 0 Å². The van der Waals surface area contributed by atoms with Crippen molar-refractivity contribution in [2.45, 2.75) is 5.41 Å². The van der Waals surface area contributed by atoms with Gasteiger partial charge in [-0.2, -0.15) is 0 Å². The van der Waals surface area contributed by atoms with E-state index in [1.54, 1.807) is 0 Å².